The molecular formula is C22H22ClN7O5. The summed E-state index contributed by atoms with van der Waals surface area (Å²) >= 11 is 0. The number of aromatic amines is 1. The summed E-state index contributed by atoms with van der Waals surface area (Å²) in [6, 6.07) is 15.1. The second kappa shape index (κ2) is 11.7. The smallest absolute Gasteiger partial charge is 0.408 e. The first-order chi connectivity index (χ1) is 16.5. The van der Waals surface area contributed by atoms with Crippen LogP contribution >= 0.6 is 12.4 Å². The Morgan fingerprint density at radius 3 is 2.57 bits per heavy atom. The molecule has 35 heavy (non-hydrogen) atoms. The number of carbonyl (C=O) groups is 3. The third kappa shape index (κ3) is 6.84. The van der Waals surface area contributed by atoms with Crippen LogP contribution in [0, 0.1) is 0 Å². The number of carbonyl (C=O) groups excluding carboxylic acids is 2. The molecule has 4 rings (SSSR count). The topological polar surface area (TPSA) is 165 Å². The highest BCUT2D eigenvalue weighted by atomic mass is 35.5. The Kier molecular flexibility index (Phi) is 8.46. The minimum atomic E-state index is -1.32. The molecule has 2 aromatic heterocycles. The average molecular weight is 500 g/mol. The van der Waals surface area contributed by atoms with Gasteiger partial charge in [-0.25, -0.2) is 14.5 Å². The quantitative estimate of drug-likeness (QED) is 0.295. The van der Waals surface area contributed by atoms with Crippen LogP contribution in [0.2, 0.25) is 0 Å². The number of rotatable bonds is 10. The molecule has 182 valence electrons. The van der Waals surface area contributed by atoms with Crippen molar-refractivity contribution in [1.29, 1.82) is 0 Å². The molecular weight excluding hydrogens is 478 g/mol. The number of carboxylic acids is 1. The number of fused-ring (bicyclic) bond motifs is 1. The number of benzene rings is 2. The van der Waals surface area contributed by atoms with E-state index in [1.807, 2.05) is 30.3 Å². The Balaban J connectivity index is 0.00000342. The molecule has 0 aliphatic heterocycles. The summed E-state index contributed by atoms with van der Waals surface area (Å²) in [5, 5.41) is 22.9. The normalized spacial score (nSPS) is 11.4. The van der Waals surface area contributed by atoms with Crippen molar-refractivity contribution in [2.75, 3.05) is 0 Å². The third-order valence-corrected chi connectivity index (χ3v) is 4.95. The molecule has 2 heterocycles. The molecule has 12 nitrogen and oxygen atoms in total. The zero-order valence-corrected chi connectivity index (χ0v) is 19.1. The zero-order valence-electron chi connectivity index (χ0n) is 18.3. The minimum absolute atomic E-state index is 0. The van der Waals surface area contributed by atoms with Crippen molar-refractivity contribution in [1.82, 2.24) is 35.5 Å². The fourth-order valence-corrected chi connectivity index (χ4v) is 3.30. The molecule has 3 N–H and O–H groups in total. The van der Waals surface area contributed by atoms with Crippen molar-refractivity contribution in [3.63, 3.8) is 0 Å². The lowest BCUT2D eigenvalue weighted by Crippen LogP contribution is -2.44. The number of amides is 1. The molecule has 0 saturated carbocycles. The van der Waals surface area contributed by atoms with Gasteiger partial charge >= 0.3 is 12.1 Å². The maximum Gasteiger partial charge on any atom is 0.408 e. The lowest BCUT2D eigenvalue weighted by atomic mass is 10.1. The summed E-state index contributed by atoms with van der Waals surface area (Å²) in [7, 11) is 0. The lowest BCUT2D eigenvalue weighted by molar-refractivity contribution is -0.139. The van der Waals surface area contributed by atoms with Crippen molar-refractivity contribution < 1.29 is 24.2 Å². The summed E-state index contributed by atoms with van der Waals surface area (Å²) in [6.07, 6.45) is -1.28. The summed E-state index contributed by atoms with van der Waals surface area (Å²) < 4.78 is 6.35. The first-order valence-corrected chi connectivity index (χ1v) is 10.4. The van der Waals surface area contributed by atoms with Crippen LogP contribution in [0.3, 0.4) is 0 Å². The van der Waals surface area contributed by atoms with E-state index < -0.39 is 30.3 Å². The fraction of sp³-hybridized carbons (Fsp3) is 0.227. The Labute approximate surface area is 205 Å². The number of tetrazole rings is 1. The maximum absolute atomic E-state index is 12.8. The van der Waals surface area contributed by atoms with Gasteiger partial charge < -0.3 is 20.1 Å². The minimum Gasteiger partial charge on any atom is -0.481 e. The van der Waals surface area contributed by atoms with E-state index in [1.165, 1.54) is 4.68 Å². The second-order valence-corrected chi connectivity index (χ2v) is 7.45. The van der Waals surface area contributed by atoms with Crippen molar-refractivity contribution >= 4 is 41.3 Å². The van der Waals surface area contributed by atoms with Crippen molar-refractivity contribution in [3.05, 3.63) is 71.8 Å². The number of aromatic nitrogens is 6. The maximum atomic E-state index is 12.8. The Morgan fingerprint density at radius 1 is 1.09 bits per heavy atom. The van der Waals surface area contributed by atoms with Gasteiger partial charge in [-0.15, -0.1) is 17.5 Å². The first-order valence-electron chi connectivity index (χ1n) is 10.4. The summed E-state index contributed by atoms with van der Waals surface area (Å²) in [6.45, 7) is -0.352. The first kappa shape index (κ1) is 25.3. The number of hydrogen-bond acceptors (Lipinski definition) is 8. The van der Waals surface area contributed by atoms with Gasteiger partial charge in [0.1, 0.15) is 25.0 Å². The molecule has 0 aliphatic carbocycles. The number of H-pyrrole nitrogens is 1. The van der Waals surface area contributed by atoms with E-state index in [9.17, 15) is 19.5 Å². The number of ether oxygens (including phenoxy) is 1. The molecule has 0 fully saturated rings. The number of halogens is 1. The Hall–Kier alpha value is -4.32. The van der Waals surface area contributed by atoms with Crippen LogP contribution in [0.1, 0.15) is 23.6 Å². The summed E-state index contributed by atoms with van der Waals surface area (Å²) in [5.41, 5.74) is 2.39. The van der Waals surface area contributed by atoms with Gasteiger partial charge in [0.05, 0.1) is 23.9 Å². The number of hydrogen-bond donors (Lipinski definition) is 3. The van der Waals surface area contributed by atoms with Crippen molar-refractivity contribution in [2.45, 2.75) is 32.0 Å². The van der Waals surface area contributed by atoms with E-state index in [2.05, 4.69) is 30.8 Å². The molecule has 13 heteroatoms. The molecule has 1 atom stereocenters. The van der Waals surface area contributed by atoms with Crippen molar-refractivity contribution in [3.8, 4) is 0 Å². The predicted molar refractivity (Wildman–Crippen MR) is 125 cm³/mol. The van der Waals surface area contributed by atoms with E-state index in [0.717, 1.165) is 16.6 Å². The van der Waals surface area contributed by atoms with Crippen LogP contribution in [-0.4, -0.2) is 59.2 Å². The second-order valence-electron chi connectivity index (χ2n) is 7.45. The van der Waals surface area contributed by atoms with Gasteiger partial charge in [-0.1, -0.05) is 42.5 Å². The highest BCUT2D eigenvalue weighted by Gasteiger charge is 2.26. The molecule has 4 aromatic rings. The molecule has 0 bridgehead atoms. The number of nitrogens with one attached hydrogen (secondary N) is 2. The largest absolute Gasteiger partial charge is 0.481 e. The SMILES string of the molecule is Cl.O=C(O)CC(NC(=O)OCc1ccccc1)C(=O)Cn1nnnc1Cc1nc2ccccc2[nH]1. The number of nitrogens with zero attached hydrogens (tertiary/aromatic N) is 5. The number of Topliss-reactive ketones (excluding diaryl/α,β-unsaturated/α-hetero) is 1. The van der Waals surface area contributed by atoms with Gasteiger partial charge in [-0.3, -0.25) is 9.59 Å². The third-order valence-electron chi connectivity index (χ3n) is 4.95. The molecule has 1 amide bonds. The van der Waals surface area contributed by atoms with Crippen LogP contribution in [0.15, 0.2) is 54.6 Å². The number of aliphatic carboxylic acids is 1. The van der Waals surface area contributed by atoms with Gasteiger partial charge in [-0.05, 0) is 28.1 Å². The van der Waals surface area contributed by atoms with E-state index in [0.29, 0.717) is 11.6 Å². The molecule has 1 unspecified atom stereocenters. The molecule has 2 aromatic carbocycles. The molecule has 0 saturated heterocycles. The molecule has 0 radical (unpaired) electrons. The molecule has 0 aliphatic rings. The van der Waals surface area contributed by atoms with E-state index in [-0.39, 0.29) is 32.0 Å². The number of para-hydroxylation sites is 2. The highest BCUT2D eigenvalue weighted by molar-refractivity contribution is 5.90. The Bertz CT molecular complexity index is 1270. The van der Waals surface area contributed by atoms with Gasteiger partial charge in [0, 0.05) is 0 Å². The van der Waals surface area contributed by atoms with Gasteiger partial charge in [0.25, 0.3) is 0 Å². The van der Waals surface area contributed by atoms with Crippen LogP contribution in [-0.2, 0) is 33.9 Å². The number of imidazole rings is 1. The lowest BCUT2D eigenvalue weighted by Gasteiger charge is -2.16. The van der Waals surface area contributed by atoms with Crippen molar-refractivity contribution in [2.24, 2.45) is 0 Å². The fourth-order valence-electron chi connectivity index (χ4n) is 3.30. The van der Waals surface area contributed by atoms with E-state index in [1.54, 1.807) is 24.3 Å². The van der Waals surface area contributed by atoms with Gasteiger partial charge in [0.2, 0.25) is 0 Å². The van der Waals surface area contributed by atoms with E-state index >= 15 is 0 Å². The summed E-state index contributed by atoms with van der Waals surface area (Å²) in [4.78, 5) is 43.9. The number of alkyl carbamates (subject to hydrolysis) is 1. The van der Waals surface area contributed by atoms with Gasteiger partial charge in [0.15, 0.2) is 11.6 Å². The average Bonchev–Trinajstić information content (AvgIpc) is 3.44. The standard InChI is InChI=1S/C22H21N7O5.ClH/c30-18(17(10-21(31)32)25-22(33)34-13-14-6-2-1-3-7-14)12-29-20(26-27-28-29)11-19-23-15-8-4-5-9-16(15)24-19;/h1-9,17H,10-13H2,(H,23,24)(H,25,33)(H,31,32);1H. The van der Waals surface area contributed by atoms with Crippen LogP contribution in [0.25, 0.3) is 11.0 Å². The van der Waals surface area contributed by atoms with Crippen LogP contribution < -0.4 is 5.32 Å². The van der Waals surface area contributed by atoms with E-state index in [4.69, 9.17) is 4.74 Å². The zero-order chi connectivity index (χ0) is 23.9. The number of carboxylic acid groups (broad SMARTS) is 1. The van der Waals surface area contributed by atoms with Gasteiger partial charge in [-0.2, -0.15) is 0 Å². The monoisotopic (exact) mass is 499 g/mol. The predicted octanol–water partition coefficient (Wildman–Crippen LogP) is 1.90. The molecule has 0 spiro atoms. The van der Waals surface area contributed by atoms with Crippen LogP contribution in [0.5, 0.6) is 0 Å². The highest BCUT2D eigenvalue weighted by Crippen LogP contribution is 2.12. The Morgan fingerprint density at radius 2 is 1.83 bits per heavy atom. The number of ketones is 1. The van der Waals surface area contributed by atoms with Crippen LogP contribution in [0.4, 0.5) is 4.79 Å². The summed E-state index contributed by atoms with van der Waals surface area (Å²) in [5.74, 6) is -0.874.